The van der Waals surface area contributed by atoms with E-state index >= 15 is 0 Å². The molecule has 4 heteroatoms. The first-order valence-corrected chi connectivity index (χ1v) is 4.55. The lowest BCUT2D eigenvalue weighted by molar-refractivity contribution is -0.107. The molecule has 1 aromatic rings. The molecule has 0 radical (unpaired) electrons. The molecule has 0 aliphatic rings. The van der Waals surface area contributed by atoms with Gasteiger partial charge in [0.25, 0.3) is 0 Å². The van der Waals surface area contributed by atoms with Crippen LogP contribution in [0.4, 0.5) is 0 Å². The van der Waals surface area contributed by atoms with E-state index in [1.54, 1.807) is 28.4 Å². The molecule has 0 aliphatic carbocycles. The van der Waals surface area contributed by atoms with Crippen LogP contribution in [0.15, 0.2) is 18.2 Å². The molecule has 4 nitrogen and oxygen atoms in total. The summed E-state index contributed by atoms with van der Waals surface area (Å²) >= 11 is 0. The molecule has 84 valence electrons. The molecule has 0 fully saturated rings. The Balaban J connectivity index is 3.20. The van der Waals surface area contributed by atoms with Gasteiger partial charge in [-0.1, -0.05) is 6.07 Å². The van der Waals surface area contributed by atoms with Gasteiger partial charge in [-0.05, 0) is 12.1 Å². The Morgan fingerprint density at radius 3 is 1.67 bits per heavy atom. The van der Waals surface area contributed by atoms with Crippen LogP contribution in [0.3, 0.4) is 0 Å². The van der Waals surface area contributed by atoms with Gasteiger partial charge in [0.05, 0.1) is 19.8 Å². The van der Waals surface area contributed by atoms with Crippen LogP contribution in [0.5, 0.6) is 11.5 Å². The first-order chi connectivity index (χ1) is 7.28. The fourth-order valence-electron chi connectivity index (χ4n) is 1.44. The van der Waals surface area contributed by atoms with Gasteiger partial charge in [-0.15, -0.1) is 0 Å². The predicted octanol–water partition coefficient (Wildman–Crippen LogP) is 2.00. The normalized spacial score (nSPS) is 10.5. The highest BCUT2D eigenvalue weighted by molar-refractivity contribution is 5.45. The summed E-state index contributed by atoms with van der Waals surface area (Å²) in [6.45, 7) is 0. The molecule has 0 amide bonds. The number of benzene rings is 1. The van der Waals surface area contributed by atoms with Crippen molar-refractivity contribution in [2.75, 3.05) is 28.4 Å². The summed E-state index contributed by atoms with van der Waals surface area (Å²) in [5, 5.41) is 0. The van der Waals surface area contributed by atoms with Crippen molar-refractivity contribution < 1.29 is 18.9 Å². The van der Waals surface area contributed by atoms with E-state index in [-0.39, 0.29) is 0 Å². The van der Waals surface area contributed by atoms with Crippen LogP contribution in [-0.2, 0) is 9.47 Å². The minimum absolute atomic E-state index is 0.490. The third-order valence-electron chi connectivity index (χ3n) is 2.13. The van der Waals surface area contributed by atoms with Gasteiger partial charge in [0, 0.05) is 14.2 Å². The summed E-state index contributed by atoms with van der Waals surface area (Å²) in [6, 6.07) is 5.52. The second-order valence-electron chi connectivity index (χ2n) is 2.88. The predicted molar refractivity (Wildman–Crippen MR) is 56.3 cm³/mol. The van der Waals surface area contributed by atoms with Crippen LogP contribution in [0.25, 0.3) is 0 Å². The average molecular weight is 212 g/mol. The highest BCUT2D eigenvalue weighted by Gasteiger charge is 2.19. The van der Waals surface area contributed by atoms with E-state index in [1.807, 2.05) is 18.2 Å². The molecule has 0 saturated carbocycles. The third-order valence-corrected chi connectivity index (χ3v) is 2.13. The highest BCUT2D eigenvalue weighted by atomic mass is 16.7. The first-order valence-electron chi connectivity index (χ1n) is 4.55. The summed E-state index contributed by atoms with van der Waals surface area (Å²) in [6.07, 6.45) is -0.490. The third kappa shape index (κ3) is 2.40. The molecule has 1 aromatic carbocycles. The molecule has 15 heavy (non-hydrogen) atoms. The smallest absolute Gasteiger partial charge is 0.190 e. The van der Waals surface area contributed by atoms with Crippen molar-refractivity contribution >= 4 is 0 Å². The maximum atomic E-state index is 5.23. The summed E-state index contributed by atoms with van der Waals surface area (Å²) in [5.74, 6) is 1.37. The zero-order valence-corrected chi connectivity index (χ0v) is 9.44. The molecule has 0 aromatic heterocycles. The van der Waals surface area contributed by atoms with Crippen LogP contribution in [0.2, 0.25) is 0 Å². The lowest BCUT2D eigenvalue weighted by Gasteiger charge is -2.19. The standard InChI is InChI=1S/C11H16O4/c1-12-8-6-5-7-9(13-2)10(8)11(14-3)15-4/h5-7,11H,1-4H3. The van der Waals surface area contributed by atoms with Gasteiger partial charge >= 0.3 is 0 Å². The number of ether oxygens (including phenoxy) is 4. The van der Waals surface area contributed by atoms with Crippen molar-refractivity contribution in [3.8, 4) is 11.5 Å². The van der Waals surface area contributed by atoms with Crippen molar-refractivity contribution in [3.63, 3.8) is 0 Å². The Kier molecular flexibility index (Phi) is 4.39. The zero-order valence-electron chi connectivity index (χ0n) is 9.44. The minimum atomic E-state index is -0.490. The van der Waals surface area contributed by atoms with E-state index < -0.39 is 6.29 Å². The van der Waals surface area contributed by atoms with Crippen molar-refractivity contribution in [1.29, 1.82) is 0 Å². The van der Waals surface area contributed by atoms with Crippen molar-refractivity contribution in [1.82, 2.24) is 0 Å². The molecule has 0 aliphatic heterocycles. The van der Waals surface area contributed by atoms with E-state index in [0.717, 1.165) is 5.56 Å². The van der Waals surface area contributed by atoms with Crippen LogP contribution in [0, 0.1) is 0 Å². The van der Waals surface area contributed by atoms with Gasteiger partial charge in [0.1, 0.15) is 11.5 Å². The molecule has 0 saturated heterocycles. The van der Waals surface area contributed by atoms with Gasteiger partial charge in [-0.3, -0.25) is 0 Å². The number of hydrogen-bond donors (Lipinski definition) is 0. The fourth-order valence-corrected chi connectivity index (χ4v) is 1.44. The summed E-state index contributed by atoms with van der Waals surface area (Å²) < 4.78 is 20.8. The van der Waals surface area contributed by atoms with Crippen molar-refractivity contribution in [2.45, 2.75) is 6.29 Å². The summed E-state index contributed by atoms with van der Waals surface area (Å²) in [4.78, 5) is 0. The summed E-state index contributed by atoms with van der Waals surface area (Å²) in [7, 11) is 6.33. The second kappa shape index (κ2) is 5.58. The number of hydrogen-bond acceptors (Lipinski definition) is 4. The van der Waals surface area contributed by atoms with Gasteiger partial charge in [0.15, 0.2) is 6.29 Å². The molecule has 0 heterocycles. The van der Waals surface area contributed by atoms with E-state index in [4.69, 9.17) is 18.9 Å². The van der Waals surface area contributed by atoms with Gasteiger partial charge in [0.2, 0.25) is 0 Å². The second-order valence-corrected chi connectivity index (χ2v) is 2.88. The first kappa shape index (κ1) is 11.8. The SMILES string of the molecule is COc1cccc(OC)c1C(OC)OC. The quantitative estimate of drug-likeness (QED) is 0.699. The Morgan fingerprint density at radius 2 is 1.33 bits per heavy atom. The monoisotopic (exact) mass is 212 g/mol. The molecule has 1 rings (SSSR count). The molecular weight excluding hydrogens is 196 g/mol. The lowest BCUT2D eigenvalue weighted by atomic mass is 10.1. The Hall–Kier alpha value is -1.26. The maximum Gasteiger partial charge on any atom is 0.190 e. The van der Waals surface area contributed by atoms with Crippen molar-refractivity contribution in [2.24, 2.45) is 0 Å². The number of methoxy groups -OCH3 is 4. The topological polar surface area (TPSA) is 36.9 Å². The van der Waals surface area contributed by atoms with Gasteiger partial charge in [-0.25, -0.2) is 0 Å². The largest absolute Gasteiger partial charge is 0.496 e. The maximum absolute atomic E-state index is 5.23. The highest BCUT2D eigenvalue weighted by Crippen LogP contribution is 2.35. The molecule has 0 N–H and O–H groups in total. The minimum Gasteiger partial charge on any atom is -0.496 e. The fraction of sp³-hybridized carbons (Fsp3) is 0.455. The van der Waals surface area contributed by atoms with Gasteiger partial charge < -0.3 is 18.9 Å². The Bertz CT molecular complexity index is 285. The number of rotatable bonds is 5. The van der Waals surface area contributed by atoms with Gasteiger partial charge in [-0.2, -0.15) is 0 Å². The molecule has 0 spiro atoms. The van der Waals surface area contributed by atoms with Crippen LogP contribution in [-0.4, -0.2) is 28.4 Å². The Morgan fingerprint density at radius 1 is 0.867 bits per heavy atom. The summed E-state index contributed by atoms with van der Waals surface area (Å²) in [5.41, 5.74) is 0.757. The van der Waals surface area contributed by atoms with Crippen LogP contribution >= 0.6 is 0 Å². The lowest BCUT2D eigenvalue weighted by Crippen LogP contribution is -2.07. The van der Waals surface area contributed by atoms with E-state index in [2.05, 4.69) is 0 Å². The molecular formula is C11H16O4. The molecule has 0 atom stereocenters. The van der Waals surface area contributed by atoms with Crippen LogP contribution < -0.4 is 9.47 Å². The zero-order chi connectivity index (χ0) is 11.3. The van der Waals surface area contributed by atoms with Crippen molar-refractivity contribution in [3.05, 3.63) is 23.8 Å². The van der Waals surface area contributed by atoms with E-state index in [9.17, 15) is 0 Å². The van der Waals surface area contributed by atoms with E-state index in [1.165, 1.54) is 0 Å². The molecule has 0 unspecified atom stereocenters. The van der Waals surface area contributed by atoms with E-state index in [0.29, 0.717) is 11.5 Å². The van der Waals surface area contributed by atoms with Crippen LogP contribution in [0.1, 0.15) is 11.9 Å². The molecule has 0 bridgehead atoms. The Labute approximate surface area is 89.7 Å². The average Bonchev–Trinajstić information content (AvgIpc) is 2.30.